The summed E-state index contributed by atoms with van der Waals surface area (Å²) >= 11 is 6.10. The Bertz CT molecular complexity index is 980. The van der Waals surface area contributed by atoms with E-state index >= 15 is 0 Å². The molecule has 1 aromatic carbocycles. The fourth-order valence-electron chi connectivity index (χ4n) is 2.96. The van der Waals surface area contributed by atoms with Gasteiger partial charge in [-0.15, -0.1) is 0 Å². The van der Waals surface area contributed by atoms with Crippen molar-refractivity contribution in [3.63, 3.8) is 0 Å². The summed E-state index contributed by atoms with van der Waals surface area (Å²) in [4.78, 5) is 12.0. The summed E-state index contributed by atoms with van der Waals surface area (Å²) in [5.74, 6) is 0.0539. The Morgan fingerprint density at radius 2 is 2.08 bits per heavy atom. The number of halogens is 1. The van der Waals surface area contributed by atoms with E-state index < -0.39 is 15.5 Å². The van der Waals surface area contributed by atoms with Crippen LogP contribution < -0.4 is 10.9 Å². The molecule has 24 heavy (non-hydrogen) atoms. The lowest BCUT2D eigenvalue weighted by Crippen LogP contribution is -2.29. The molecule has 130 valence electrons. The number of benzene rings is 1. The predicted octanol–water partition coefficient (Wildman–Crippen LogP) is 2.05. The van der Waals surface area contributed by atoms with E-state index in [0.717, 1.165) is 5.56 Å². The van der Waals surface area contributed by atoms with Gasteiger partial charge in [0.1, 0.15) is 11.3 Å². The predicted molar refractivity (Wildman–Crippen MR) is 92.5 cm³/mol. The molecule has 1 aliphatic heterocycles. The molecule has 0 unspecified atom stereocenters. The molecule has 0 saturated carbocycles. The number of aryl methyl sites for hydroxylation is 1. The molecule has 0 bridgehead atoms. The highest BCUT2D eigenvalue weighted by Gasteiger charge is 2.28. The molecule has 2 aromatic rings. The topological polar surface area (TPSA) is 96.6 Å². The highest BCUT2D eigenvalue weighted by atomic mass is 35.5. The second kappa shape index (κ2) is 6.06. The molecule has 8 heteroatoms. The molecule has 3 rings (SSSR count). The molecular formula is C16H18ClNO5S. The van der Waals surface area contributed by atoms with E-state index in [0.29, 0.717) is 22.9 Å². The minimum atomic E-state index is -3.00. The van der Waals surface area contributed by atoms with Crippen molar-refractivity contribution in [2.24, 2.45) is 0 Å². The second-order valence-corrected chi connectivity index (χ2v) is 8.82. The number of phenolic OH excluding ortho intramolecular Hbond substituents is 1. The molecule has 0 spiro atoms. The van der Waals surface area contributed by atoms with Gasteiger partial charge in [-0.2, -0.15) is 0 Å². The first-order chi connectivity index (χ1) is 11.2. The average molecular weight is 372 g/mol. The fourth-order valence-corrected chi connectivity index (χ4v) is 4.89. The maximum Gasteiger partial charge on any atom is 0.339 e. The molecule has 1 aromatic heterocycles. The van der Waals surface area contributed by atoms with Crippen molar-refractivity contribution in [3.05, 3.63) is 38.2 Å². The summed E-state index contributed by atoms with van der Waals surface area (Å²) < 4.78 is 28.4. The Balaban J connectivity index is 2.03. The van der Waals surface area contributed by atoms with Crippen molar-refractivity contribution in [1.29, 1.82) is 0 Å². The molecule has 0 aliphatic carbocycles. The Kier molecular flexibility index (Phi) is 4.36. The molecule has 0 amide bonds. The van der Waals surface area contributed by atoms with Gasteiger partial charge in [0, 0.05) is 23.5 Å². The standard InChI is InChI=1S/C16H18ClNO5S/c1-8-9(2)16(20)23-15-11(8)5-13(17)14(19)12(15)6-18-10-3-4-24(21,22)7-10/h5,10,18-19H,3-4,6-7H2,1-2H3/t10-/m1/s1. The van der Waals surface area contributed by atoms with E-state index in [1.165, 1.54) is 0 Å². The van der Waals surface area contributed by atoms with Crippen LogP contribution in [0.4, 0.5) is 0 Å². The van der Waals surface area contributed by atoms with E-state index in [4.69, 9.17) is 16.0 Å². The van der Waals surface area contributed by atoms with Crippen LogP contribution in [0.15, 0.2) is 15.3 Å². The highest BCUT2D eigenvalue weighted by molar-refractivity contribution is 7.91. The molecule has 1 fully saturated rings. The Hall–Kier alpha value is -1.57. The third kappa shape index (κ3) is 3.03. The zero-order valence-electron chi connectivity index (χ0n) is 13.3. The number of hydrogen-bond donors (Lipinski definition) is 2. The third-order valence-corrected chi connectivity index (χ3v) is 6.63. The van der Waals surface area contributed by atoms with Gasteiger partial charge in [0.05, 0.1) is 22.1 Å². The van der Waals surface area contributed by atoms with Crippen LogP contribution in [0.5, 0.6) is 5.75 Å². The van der Waals surface area contributed by atoms with Crippen molar-refractivity contribution in [2.45, 2.75) is 32.9 Å². The van der Waals surface area contributed by atoms with E-state index in [-0.39, 0.29) is 40.4 Å². The number of fused-ring (bicyclic) bond motifs is 1. The number of sulfone groups is 1. The lowest BCUT2D eigenvalue weighted by atomic mass is 10.0. The van der Waals surface area contributed by atoms with Crippen LogP contribution in [0.1, 0.15) is 23.1 Å². The van der Waals surface area contributed by atoms with Gasteiger partial charge in [0.2, 0.25) is 0 Å². The molecule has 1 saturated heterocycles. The summed E-state index contributed by atoms with van der Waals surface area (Å²) in [6.45, 7) is 3.62. The normalized spacial score (nSPS) is 19.9. The SMILES string of the molecule is Cc1c(C)c2cc(Cl)c(O)c(CN[C@@H]3CCS(=O)(=O)C3)c2oc1=O. The van der Waals surface area contributed by atoms with Crippen LogP contribution in [0.3, 0.4) is 0 Å². The molecule has 1 atom stereocenters. The third-order valence-electron chi connectivity index (χ3n) is 4.57. The largest absolute Gasteiger partial charge is 0.506 e. The number of nitrogens with one attached hydrogen (secondary N) is 1. The van der Waals surface area contributed by atoms with Crippen LogP contribution in [0.2, 0.25) is 5.02 Å². The Morgan fingerprint density at radius 3 is 2.71 bits per heavy atom. The van der Waals surface area contributed by atoms with Gasteiger partial charge in [-0.05, 0) is 31.9 Å². The van der Waals surface area contributed by atoms with Crippen molar-refractivity contribution in [2.75, 3.05) is 11.5 Å². The van der Waals surface area contributed by atoms with Crippen molar-refractivity contribution in [3.8, 4) is 5.75 Å². The first kappa shape index (κ1) is 17.3. The maximum atomic E-state index is 12.0. The van der Waals surface area contributed by atoms with Gasteiger partial charge in [-0.25, -0.2) is 13.2 Å². The van der Waals surface area contributed by atoms with Crippen LogP contribution in [-0.2, 0) is 16.4 Å². The highest BCUT2D eigenvalue weighted by Crippen LogP contribution is 2.36. The zero-order valence-corrected chi connectivity index (χ0v) is 14.9. The van der Waals surface area contributed by atoms with Gasteiger partial charge in [-0.3, -0.25) is 0 Å². The first-order valence-electron chi connectivity index (χ1n) is 7.58. The minimum absolute atomic E-state index is 0.0638. The number of hydrogen-bond acceptors (Lipinski definition) is 6. The summed E-state index contributed by atoms with van der Waals surface area (Å²) in [6.07, 6.45) is 0.518. The van der Waals surface area contributed by atoms with E-state index in [1.54, 1.807) is 19.9 Å². The van der Waals surface area contributed by atoms with E-state index in [1.807, 2.05) is 0 Å². The number of aromatic hydroxyl groups is 1. The Morgan fingerprint density at radius 1 is 1.38 bits per heavy atom. The van der Waals surface area contributed by atoms with Gasteiger partial charge >= 0.3 is 5.63 Å². The smallest absolute Gasteiger partial charge is 0.339 e. The zero-order chi connectivity index (χ0) is 17.6. The van der Waals surface area contributed by atoms with Gasteiger partial charge in [0.25, 0.3) is 0 Å². The quantitative estimate of drug-likeness (QED) is 0.801. The van der Waals surface area contributed by atoms with Crippen LogP contribution in [0.25, 0.3) is 11.0 Å². The number of phenols is 1. The van der Waals surface area contributed by atoms with Crippen molar-refractivity contribution in [1.82, 2.24) is 5.32 Å². The van der Waals surface area contributed by atoms with Gasteiger partial charge in [0.15, 0.2) is 9.84 Å². The fraction of sp³-hybridized carbons (Fsp3) is 0.438. The Labute approximate surface area is 144 Å². The minimum Gasteiger partial charge on any atom is -0.506 e. The molecule has 2 N–H and O–H groups in total. The van der Waals surface area contributed by atoms with Crippen LogP contribution >= 0.6 is 11.6 Å². The van der Waals surface area contributed by atoms with Crippen LogP contribution in [-0.4, -0.2) is 31.1 Å². The maximum absolute atomic E-state index is 12.0. The van der Waals surface area contributed by atoms with Gasteiger partial charge < -0.3 is 14.8 Å². The molecular weight excluding hydrogens is 354 g/mol. The summed E-state index contributed by atoms with van der Waals surface area (Å²) in [5, 5.41) is 14.2. The summed E-state index contributed by atoms with van der Waals surface area (Å²) in [6, 6.07) is 1.38. The van der Waals surface area contributed by atoms with Crippen LogP contribution in [0, 0.1) is 13.8 Å². The van der Waals surface area contributed by atoms with Crippen molar-refractivity contribution < 1.29 is 17.9 Å². The van der Waals surface area contributed by atoms with Gasteiger partial charge in [-0.1, -0.05) is 11.6 Å². The monoisotopic (exact) mass is 371 g/mol. The second-order valence-electron chi connectivity index (χ2n) is 6.18. The van der Waals surface area contributed by atoms with Crippen molar-refractivity contribution >= 4 is 32.4 Å². The lowest BCUT2D eigenvalue weighted by molar-refractivity contribution is 0.455. The van der Waals surface area contributed by atoms with E-state index in [2.05, 4.69) is 5.32 Å². The summed E-state index contributed by atoms with van der Waals surface area (Å²) in [5.41, 5.74) is 1.41. The average Bonchev–Trinajstić information content (AvgIpc) is 2.86. The number of rotatable bonds is 3. The molecule has 2 heterocycles. The molecule has 1 aliphatic rings. The summed E-state index contributed by atoms with van der Waals surface area (Å²) in [7, 11) is -3.00. The molecule has 6 nitrogen and oxygen atoms in total. The molecule has 0 radical (unpaired) electrons. The lowest BCUT2D eigenvalue weighted by Gasteiger charge is -2.15. The van der Waals surface area contributed by atoms with E-state index in [9.17, 15) is 18.3 Å². The first-order valence-corrected chi connectivity index (χ1v) is 9.77.